The fourth-order valence-corrected chi connectivity index (χ4v) is 3.71. The van der Waals surface area contributed by atoms with Crippen LogP contribution in [0.3, 0.4) is 0 Å². The second kappa shape index (κ2) is 6.57. The molecule has 1 aliphatic rings. The zero-order chi connectivity index (χ0) is 18.3. The van der Waals surface area contributed by atoms with Gasteiger partial charge in [0.15, 0.2) is 5.15 Å². The molecule has 0 fully saturated rings. The third-order valence-corrected chi connectivity index (χ3v) is 5.11. The van der Waals surface area contributed by atoms with Gasteiger partial charge in [-0.1, -0.05) is 23.7 Å². The molecule has 6 heteroatoms. The number of hydrogen-bond acceptors (Lipinski definition) is 2. The molecular formula is C20H17ClFN3O. The van der Waals surface area contributed by atoms with Gasteiger partial charge in [-0.3, -0.25) is 9.20 Å². The summed E-state index contributed by atoms with van der Waals surface area (Å²) < 4.78 is 15.4. The Hall–Kier alpha value is -2.66. The van der Waals surface area contributed by atoms with E-state index in [9.17, 15) is 9.18 Å². The van der Waals surface area contributed by atoms with Gasteiger partial charge in [0.2, 0.25) is 5.91 Å². The molecule has 0 bridgehead atoms. The Labute approximate surface area is 155 Å². The number of imidazole rings is 1. The summed E-state index contributed by atoms with van der Waals surface area (Å²) >= 11 is 6.20. The zero-order valence-electron chi connectivity index (χ0n) is 14.2. The van der Waals surface area contributed by atoms with Crippen molar-refractivity contribution in [3.63, 3.8) is 0 Å². The van der Waals surface area contributed by atoms with Crippen LogP contribution in [0.15, 0.2) is 48.7 Å². The Balaban J connectivity index is 1.60. The van der Waals surface area contributed by atoms with Gasteiger partial charge in [0.1, 0.15) is 11.5 Å². The minimum absolute atomic E-state index is 0.130. The molecule has 4 rings (SSSR count). The van der Waals surface area contributed by atoms with E-state index in [4.69, 9.17) is 11.6 Å². The van der Waals surface area contributed by atoms with E-state index in [0.717, 1.165) is 23.2 Å². The van der Waals surface area contributed by atoms with E-state index in [1.54, 1.807) is 17.0 Å². The Morgan fingerprint density at radius 1 is 1.35 bits per heavy atom. The highest BCUT2D eigenvalue weighted by Gasteiger charge is 2.26. The maximum Gasteiger partial charge on any atom is 0.247 e. The predicted octanol–water partition coefficient (Wildman–Crippen LogP) is 4.29. The van der Waals surface area contributed by atoms with E-state index in [2.05, 4.69) is 4.98 Å². The third kappa shape index (κ3) is 2.88. The van der Waals surface area contributed by atoms with Crippen molar-refractivity contribution in [2.75, 3.05) is 6.54 Å². The summed E-state index contributed by atoms with van der Waals surface area (Å²) in [7, 11) is 0. The smallest absolute Gasteiger partial charge is 0.247 e. The number of amides is 1. The van der Waals surface area contributed by atoms with Crippen LogP contribution in [0.5, 0.6) is 0 Å². The van der Waals surface area contributed by atoms with Gasteiger partial charge in [0.25, 0.3) is 0 Å². The first-order chi connectivity index (χ1) is 12.5. The van der Waals surface area contributed by atoms with Crippen molar-refractivity contribution >= 4 is 29.2 Å². The van der Waals surface area contributed by atoms with Crippen molar-refractivity contribution in [2.45, 2.75) is 19.4 Å². The van der Waals surface area contributed by atoms with E-state index in [0.29, 0.717) is 17.4 Å². The van der Waals surface area contributed by atoms with Crippen LogP contribution in [0.2, 0.25) is 5.15 Å². The third-order valence-electron chi connectivity index (χ3n) is 4.84. The van der Waals surface area contributed by atoms with Gasteiger partial charge in [0, 0.05) is 18.8 Å². The number of halogens is 2. The standard InChI is InChI=1S/C20H17ClFN3O/c1-13-16-12-15(22)6-5-14(16)9-11-24(13)19(26)8-7-17-20(21)23-18-4-2-3-10-25(17)18/h2-8,10,12-13H,9,11H2,1H3/b8-7+. The number of aromatic nitrogens is 2. The molecule has 132 valence electrons. The first-order valence-corrected chi connectivity index (χ1v) is 8.82. The lowest BCUT2D eigenvalue weighted by atomic mass is 9.93. The highest BCUT2D eigenvalue weighted by molar-refractivity contribution is 6.31. The first kappa shape index (κ1) is 16.8. The SMILES string of the molecule is CC1c2cc(F)ccc2CCN1C(=O)/C=C/c1c(Cl)nc2ccccn12. The fraction of sp³-hybridized carbons (Fsp3) is 0.200. The first-order valence-electron chi connectivity index (χ1n) is 8.44. The second-order valence-corrected chi connectivity index (χ2v) is 6.71. The Morgan fingerprint density at radius 3 is 3.04 bits per heavy atom. The summed E-state index contributed by atoms with van der Waals surface area (Å²) in [5.74, 6) is -0.410. The van der Waals surface area contributed by atoms with E-state index in [-0.39, 0.29) is 17.8 Å². The number of hydrogen-bond donors (Lipinski definition) is 0. The average molecular weight is 370 g/mol. The van der Waals surface area contributed by atoms with Crippen molar-refractivity contribution in [3.8, 4) is 0 Å². The van der Waals surface area contributed by atoms with Crippen molar-refractivity contribution in [3.05, 3.63) is 76.5 Å². The molecule has 26 heavy (non-hydrogen) atoms. The highest BCUT2D eigenvalue weighted by atomic mass is 35.5. The summed E-state index contributed by atoms with van der Waals surface area (Å²) in [5.41, 5.74) is 3.34. The second-order valence-electron chi connectivity index (χ2n) is 6.35. The van der Waals surface area contributed by atoms with E-state index >= 15 is 0 Å². The molecule has 0 aliphatic carbocycles. The zero-order valence-corrected chi connectivity index (χ0v) is 14.9. The summed E-state index contributed by atoms with van der Waals surface area (Å²) in [6.45, 7) is 2.52. The van der Waals surface area contributed by atoms with Gasteiger partial charge in [-0.15, -0.1) is 0 Å². The molecule has 2 aromatic heterocycles. The summed E-state index contributed by atoms with van der Waals surface area (Å²) in [4.78, 5) is 18.7. The van der Waals surface area contributed by atoms with Crippen LogP contribution >= 0.6 is 11.6 Å². The van der Waals surface area contributed by atoms with Crippen LogP contribution in [0.1, 0.15) is 29.8 Å². The monoisotopic (exact) mass is 369 g/mol. The number of nitrogens with zero attached hydrogens (tertiary/aromatic N) is 3. The molecule has 0 radical (unpaired) electrons. The minimum Gasteiger partial charge on any atom is -0.332 e. The van der Waals surface area contributed by atoms with Gasteiger partial charge in [-0.05, 0) is 54.8 Å². The fourth-order valence-electron chi connectivity index (χ4n) is 3.47. The number of carbonyl (C=O) groups excluding carboxylic acids is 1. The molecule has 3 heterocycles. The van der Waals surface area contributed by atoms with E-state index in [1.165, 1.54) is 18.2 Å². The van der Waals surface area contributed by atoms with Crippen LogP contribution < -0.4 is 0 Å². The molecule has 1 amide bonds. The van der Waals surface area contributed by atoms with Gasteiger partial charge < -0.3 is 4.90 Å². The number of rotatable bonds is 2. The van der Waals surface area contributed by atoms with Crippen molar-refractivity contribution in [1.82, 2.24) is 14.3 Å². The molecule has 0 saturated carbocycles. The number of carbonyl (C=O) groups is 1. The molecule has 1 atom stereocenters. The van der Waals surface area contributed by atoms with Crippen LogP contribution in [0.25, 0.3) is 11.7 Å². The van der Waals surface area contributed by atoms with Crippen molar-refractivity contribution in [1.29, 1.82) is 0 Å². The molecule has 3 aromatic rings. The molecule has 1 aromatic carbocycles. The summed E-state index contributed by atoms with van der Waals surface area (Å²) in [5, 5.41) is 0.347. The maximum atomic E-state index is 13.6. The van der Waals surface area contributed by atoms with Crippen molar-refractivity contribution < 1.29 is 9.18 Å². The average Bonchev–Trinajstić information content (AvgIpc) is 2.95. The van der Waals surface area contributed by atoms with E-state index < -0.39 is 0 Å². The molecule has 0 saturated heterocycles. The van der Waals surface area contributed by atoms with E-state index in [1.807, 2.05) is 35.7 Å². The lowest BCUT2D eigenvalue weighted by Crippen LogP contribution is -2.37. The van der Waals surface area contributed by atoms with Crippen LogP contribution in [0, 0.1) is 5.82 Å². The number of pyridine rings is 1. The lowest BCUT2D eigenvalue weighted by molar-refractivity contribution is -0.128. The largest absolute Gasteiger partial charge is 0.332 e. The molecule has 1 aliphatic heterocycles. The van der Waals surface area contributed by atoms with Crippen molar-refractivity contribution in [2.24, 2.45) is 0 Å². The summed E-state index contributed by atoms with van der Waals surface area (Å²) in [6.07, 6.45) is 5.75. The van der Waals surface area contributed by atoms with Crippen LogP contribution in [0.4, 0.5) is 4.39 Å². The Kier molecular flexibility index (Phi) is 4.24. The number of benzene rings is 1. The molecule has 0 spiro atoms. The Morgan fingerprint density at radius 2 is 2.19 bits per heavy atom. The summed E-state index contributed by atoms with van der Waals surface area (Å²) in [6, 6.07) is 10.2. The molecule has 1 unspecified atom stereocenters. The molecule has 0 N–H and O–H groups in total. The maximum absolute atomic E-state index is 13.6. The normalized spacial score (nSPS) is 17.0. The molecule has 4 nitrogen and oxygen atoms in total. The van der Waals surface area contributed by atoms with Gasteiger partial charge in [-0.2, -0.15) is 0 Å². The minimum atomic E-state index is -0.280. The van der Waals surface area contributed by atoms with Gasteiger partial charge >= 0.3 is 0 Å². The molecular weight excluding hydrogens is 353 g/mol. The lowest BCUT2D eigenvalue weighted by Gasteiger charge is -2.34. The van der Waals surface area contributed by atoms with Crippen LogP contribution in [-0.4, -0.2) is 26.7 Å². The highest BCUT2D eigenvalue weighted by Crippen LogP contribution is 2.30. The van der Waals surface area contributed by atoms with Gasteiger partial charge in [-0.25, -0.2) is 9.37 Å². The quantitative estimate of drug-likeness (QED) is 0.632. The predicted molar refractivity (Wildman–Crippen MR) is 99.5 cm³/mol. The van der Waals surface area contributed by atoms with Gasteiger partial charge in [0.05, 0.1) is 11.7 Å². The topological polar surface area (TPSA) is 37.6 Å². The van der Waals surface area contributed by atoms with Crippen LogP contribution in [-0.2, 0) is 11.2 Å². The number of fused-ring (bicyclic) bond motifs is 2. The Bertz CT molecular complexity index is 1030.